The molecule has 9 nitrogen and oxygen atoms in total. The van der Waals surface area contributed by atoms with Crippen LogP contribution in [0.1, 0.15) is 17.3 Å². The fourth-order valence-corrected chi connectivity index (χ4v) is 4.04. The zero-order valence-corrected chi connectivity index (χ0v) is 20.4. The summed E-state index contributed by atoms with van der Waals surface area (Å²) in [5.74, 6) is 0.335. The van der Waals surface area contributed by atoms with Crippen LogP contribution in [0.5, 0.6) is 17.2 Å². The predicted molar refractivity (Wildman–Crippen MR) is 129 cm³/mol. The number of hydrogen-bond acceptors (Lipinski definition) is 7. The summed E-state index contributed by atoms with van der Waals surface area (Å²) in [4.78, 5) is 26.7. The number of carbonyl (C=O) groups is 2. The van der Waals surface area contributed by atoms with Crippen molar-refractivity contribution < 1.29 is 32.9 Å². The number of amides is 1. The van der Waals surface area contributed by atoms with Crippen molar-refractivity contribution in [3.63, 3.8) is 0 Å². The molecule has 1 fully saturated rings. The number of benzene rings is 2. The number of morpholine rings is 1. The Morgan fingerprint density at radius 1 is 1.11 bits per heavy atom. The fourth-order valence-electron chi connectivity index (χ4n) is 4.04. The van der Waals surface area contributed by atoms with Crippen LogP contribution in [0.3, 0.4) is 0 Å². The lowest BCUT2D eigenvalue weighted by atomic mass is 10.1. The van der Waals surface area contributed by atoms with Gasteiger partial charge in [0.15, 0.2) is 17.3 Å². The first-order chi connectivity index (χ1) is 17.4. The second kappa shape index (κ2) is 11.2. The number of ketones is 1. The third kappa shape index (κ3) is 5.49. The molecule has 1 atom stereocenters. The Morgan fingerprint density at radius 3 is 2.64 bits per heavy atom. The van der Waals surface area contributed by atoms with Crippen molar-refractivity contribution in [3.8, 4) is 28.5 Å². The number of halogens is 1. The third-order valence-corrected chi connectivity index (χ3v) is 5.87. The average Bonchev–Trinajstić information content (AvgIpc) is 3.35. The van der Waals surface area contributed by atoms with Crippen molar-refractivity contribution in [1.82, 2.24) is 14.7 Å². The van der Waals surface area contributed by atoms with Crippen LogP contribution >= 0.6 is 0 Å². The van der Waals surface area contributed by atoms with Crippen molar-refractivity contribution >= 4 is 11.7 Å². The fraction of sp³-hybridized carbons (Fsp3) is 0.346. The third-order valence-electron chi connectivity index (χ3n) is 5.87. The van der Waals surface area contributed by atoms with Gasteiger partial charge in [-0.2, -0.15) is 5.10 Å². The summed E-state index contributed by atoms with van der Waals surface area (Å²) in [5, 5.41) is 4.35. The molecule has 190 valence electrons. The molecule has 0 saturated carbocycles. The lowest BCUT2D eigenvalue weighted by Crippen LogP contribution is -2.48. The average molecular weight is 498 g/mol. The van der Waals surface area contributed by atoms with E-state index in [1.165, 1.54) is 31.9 Å². The normalized spacial score (nSPS) is 15.4. The summed E-state index contributed by atoms with van der Waals surface area (Å²) in [6.45, 7) is 2.64. The maximum Gasteiger partial charge on any atom is 0.244 e. The molecule has 1 amide bonds. The molecule has 36 heavy (non-hydrogen) atoms. The molecule has 0 bridgehead atoms. The number of nitrogens with zero attached hydrogens (tertiary/aromatic N) is 3. The molecule has 0 aliphatic carbocycles. The maximum atomic E-state index is 14.1. The van der Waals surface area contributed by atoms with Gasteiger partial charge in [-0.25, -0.2) is 4.39 Å². The number of Topliss-reactive ketones (excluding diaryl/α,β-unsaturated/α-hetero) is 1. The minimum atomic E-state index is -0.412. The van der Waals surface area contributed by atoms with Crippen LogP contribution in [0.4, 0.5) is 4.39 Å². The highest BCUT2D eigenvalue weighted by molar-refractivity contribution is 5.98. The van der Waals surface area contributed by atoms with E-state index in [1.807, 2.05) is 0 Å². The van der Waals surface area contributed by atoms with Gasteiger partial charge in [0.2, 0.25) is 11.7 Å². The van der Waals surface area contributed by atoms with E-state index in [0.29, 0.717) is 48.0 Å². The van der Waals surface area contributed by atoms with E-state index in [-0.39, 0.29) is 36.4 Å². The van der Waals surface area contributed by atoms with E-state index in [2.05, 4.69) is 5.10 Å². The van der Waals surface area contributed by atoms with E-state index in [1.54, 1.807) is 47.5 Å². The van der Waals surface area contributed by atoms with Gasteiger partial charge in [-0.1, -0.05) is 12.1 Å². The molecule has 10 heteroatoms. The van der Waals surface area contributed by atoms with Crippen LogP contribution in [0.25, 0.3) is 11.3 Å². The van der Waals surface area contributed by atoms with Gasteiger partial charge in [0.1, 0.15) is 25.1 Å². The quantitative estimate of drug-likeness (QED) is 0.419. The molecule has 4 rings (SSSR count). The van der Waals surface area contributed by atoms with Gasteiger partial charge in [0.05, 0.1) is 38.6 Å². The van der Waals surface area contributed by atoms with Crippen molar-refractivity contribution in [2.24, 2.45) is 0 Å². The van der Waals surface area contributed by atoms with E-state index in [9.17, 15) is 14.0 Å². The summed E-state index contributed by atoms with van der Waals surface area (Å²) < 4.78 is 38.0. The number of rotatable bonds is 9. The zero-order chi connectivity index (χ0) is 25.7. The van der Waals surface area contributed by atoms with E-state index in [4.69, 9.17) is 18.9 Å². The lowest BCUT2D eigenvalue weighted by Gasteiger charge is -2.33. The highest BCUT2D eigenvalue weighted by atomic mass is 19.1. The molecule has 1 aliphatic rings. The highest BCUT2D eigenvalue weighted by Crippen LogP contribution is 2.40. The monoisotopic (exact) mass is 497 g/mol. The molecule has 1 aliphatic heterocycles. The molecule has 1 unspecified atom stereocenters. The van der Waals surface area contributed by atoms with Crippen molar-refractivity contribution in [3.05, 3.63) is 60.0 Å². The number of carbonyl (C=O) groups excluding carboxylic acids is 2. The van der Waals surface area contributed by atoms with Gasteiger partial charge in [0, 0.05) is 18.3 Å². The Labute approximate surface area is 208 Å². The molecule has 2 heterocycles. The molecule has 0 spiro atoms. The van der Waals surface area contributed by atoms with Crippen LogP contribution in [-0.4, -0.2) is 73.0 Å². The van der Waals surface area contributed by atoms with Gasteiger partial charge in [-0.05, 0) is 37.3 Å². The van der Waals surface area contributed by atoms with E-state index >= 15 is 0 Å². The summed E-state index contributed by atoms with van der Waals surface area (Å²) in [6, 6.07) is 11.3. The highest BCUT2D eigenvalue weighted by Gasteiger charge is 2.27. The number of methoxy groups -OCH3 is 2. The molecule has 0 radical (unpaired) electrons. The number of hydrogen-bond donors (Lipinski definition) is 0. The minimum Gasteiger partial charge on any atom is -0.493 e. The second-order valence-corrected chi connectivity index (χ2v) is 8.26. The Morgan fingerprint density at radius 2 is 1.92 bits per heavy atom. The van der Waals surface area contributed by atoms with Crippen LogP contribution < -0.4 is 14.2 Å². The first-order valence-electron chi connectivity index (χ1n) is 11.5. The van der Waals surface area contributed by atoms with Crippen molar-refractivity contribution in [2.45, 2.75) is 19.6 Å². The molecular formula is C26H28FN3O6. The van der Waals surface area contributed by atoms with Gasteiger partial charge in [0.25, 0.3) is 0 Å². The van der Waals surface area contributed by atoms with Gasteiger partial charge < -0.3 is 23.8 Å². The molecule has 0 N–H and O–H groups in total. The molecule has 1 aromatic heterocycles. The Bertz CT molecular complexity index is 1240. The second-order valence-electron chi connectivity index (χ2n) is 8.26. The summed E-state index contributed by atoms with van der Waals surface area (Å²) in [7, 11) is 2.97. The lowest BCUT2D eigenvalue weighted by molar-refractivity contribution is -0.140. The van der Waals surface area contributed by atoms with Crippen LogP contribution in [0, 0.1) is 5.82 Å². The SMILES string of the molecule is COc1ccc(C(C)=O)c(OCC2CN(C(=O)Cn3ccc(-c4ccccc4F)n3)CCO2)c1OC. The Kier molecular flexibility index (Phi) is 7.84. The first kappa shape index (κ1) is 25.2. The minimum absolute atomic E-state index is 0.0141. The first-order valence-corrected chi connectivity index (χ1v) is 11.5. The van der Waals surface area contributed by atoms with Gasteiger partial charge in [-0.3, -0.25) is 14.3 Å². The Balaban J connectivity index is 1.40. The van der Waals surface area contributed by atoms with Gasteiger partial charge in [-0.15, -0.1) is 0 Å². The Hall–Kier alpha value is -3.92. The van der Waals surface area contributed by atoms with Crippen LogP contribution in [-0.2, 0) is 16.1 Å². The van der Waals surface area contributed by atoms with Gasteiger partial charge >= 0.3 is 0 Å². The molecule has 1 saturated heterocycles. The number of ether oxygens (including phenoxy) is 4. The van der Waals surface area contributed by atoms with Crippen molar-refractivity contribution in [2.75, 3.05) is 40.5 Å². The smallest absolute Gasteiger partial charge is 0.244 e. The van der Waals surface area contributed by atoms with Crippen LogP contribution in [0.15, 0.2) is 48.7 Å². The summed E-state index contributed by atoms with van der Waals surface area (Å²) in [5.41, 5.74) is 1.20. The topological polar surface area (TPSA) is 92.1 Å². The molecule has 3 aromatic rings. The van der Waals surface area contributed by atoms with E-state index in [0.717, 1.165) is 0 Å². The van der Waals surface area contributed by atoms with Crippen molar-refractivity contribution in [1.29, 1.82) is 0 Å². The maximum absolute atomic E-state index is 14.1. The summed E-state index contributed by atoms with van der Waals surface area (Å²) >= 11 is 0. The molecule has 2 aromatic carbocycles. The standard InChI is InChI=1S/C26H28FN3O6/c1-17(31)19-8-9-23(33-2)26(34-3)25(19)36-16-18-14-29(12-13-35-18)24(32)15-30-11-10-22(28-30)20-6-4-5-7-21(20)27/h4-11,18H,12-16H2,1-3H3. The van der Waals surface area contributed by atoms with Crippen LogP contribution in [0.2, 0.25) is 0 Å². The number of aromatic nitrogens is 2. The zero-order valence-electron chi connectivity index (χ0n) is 20.4. The van der Waals surface area contributed by atoms with E-state index < -0.39 is 6.10 Å². The predicted octanol–water partition coefficient (Wildman–Crippen LogP) is 3.22. The largest absolute Gasteiger partial charge is 0.493 e. The molecular weight excluding hydrogens is 469 g/mol. The summed E-state index contributed by atoms with van der Waals surface area (Å²) in [6.07, 6.45) is 1.24.